The Hall–Kier alpha value is -4.43. The first kappa shape index (κ1) is 19.3. The van der Waals surface area contributed by atoms with Gasteiger partial charge >= 0.3 is 0 Å². The summed E-state index contributed by atoms with van der Waals surface area (Å²) in [5.74, 6) is 0.644. The maximum atomic E-state index is 6.02. The second-order valence-electron chi connectivity index (χ2n) is 8.10. The third-order valence-corrected chi connectivity index (χ3v) is 5.89. The van der Waals surface area contributed by atoms with E-state index in [0.29, 0.717) is 5.89 Å². The molecule has 0 amide bonds. The fourth-order valence-corrected chi connectivity index (χ4v) is 4.20. The molecule has 6 aromatic rings. The standard InChI is InChI=1S/C31H21NO/c1-4-10-22(11-5-1)26-18-27(23-12-6-2-7-13-23)20-28(19-26)25-16-17-30-29(21-25)32-31(33-30)24-14-8-3-9-15-24/h1-21H. The fourth-order valence-electron chi connectivity index (χ4n) is 4.20. The molecule has 0 saturated heterocycles. The van der Waals surface area contributed by atoms with E-state index in [4.69, 9.17) is 9.40 Å². The van der Waals surface area contributed by atoms with Gasteiger partial charge in [0.1, 0.15) is 5.52 Å². The molecule has 0 bridgehead atoms. The summed E-state index contributed by atoms with van der Waals surface area (Å²) < 4.78 is 6.02. The minimum absolute atomic E-state index is 0.644. The van der Waals surface area contributed by atoms with Crippen molar-refractivity contribution in [3.63, 3.8) is 0 Å². The van der Waals surface area contributed by atoms with Crippen molar-refractivity contribution < 1.29 is 4.42 Å². The van der Waals surface area contributed by atoms with Crippen LogP contribution in [0.3, 0.4) is 0 Å². The topological polar surface area (TPSA) is 26.0 Å². The van der Waals surface area contributed by atoms with Crippen LogP contribution in [0.25, 0.3) is 55.9 Å². The predicted molar refractivity (Wildman–Crippen MR) is 136 cm³/mol. The van der Waals surface area contributed by atoms with Crippen LogP contribution in [-0.4, -0.2) is 4.98 Å². The van der Waals surface area contributed by atoms with Crippen molar-refractivity contribution in [1.82, 2.24) is 4.98 Å². The quantitative estimate of drug-likeness (QED) is 0.284. The lowest BCUT2D eigenvalue weighted by Gasteiger charge is -2.11. The van der Waals surface area contributed by atoms with Crippen LogP contribution < -0.4 is 0 Å². The van der Waals surface area contributed by atoms with Crippen molar-refractivity contribution in [1.29, 1.82) is 0 Å². The van der Waals surface area contributed by atoms with Gasteiger partial charge in [-0.1, -0.05) is 84.9 Å². The fraction of sp³-hybridized carbons (Fsp3) is 0. The molecule has 2 heteroatoms. The van der Waals surface area contributed by atoms with Gasteiger partial charge in [-0.2, -0.15) is 0 Å². The van der Waals surface area contributed by atoms with E-state index in [1.54, 1.807) is 0 Å². The van der Waals surface area contributed by atoms with Crippen molar-refractivity contribution >= 4 is 11.1 Å². The molecule has 6 rings (SSSR count). The monoisotopic (exact) mass is 423 g/mol. The summed E-state index contributed by atoms with van der Waals surface area (Å²) in [4.78, 5) is 4.76. The van der Waals surface area contributed by atoms with E-state index >= 15 is 0 Å². The molecule has 1 heterocycles. The van der Waals surface area contributed by atoms with E-state index in [1.807, 2.05) is 48.5 Å². The largest absolute Gasteiger partial charge is 0.436 e. The second-order valence-corrected chi connectivity index (χ2v) is 8.10. The number of oxazole rings is 1. The highest BCUT2D eigenvalue weighted by molar-refractivity contribution is 5.86. The van der Waals surface area contributed by atoms with Gasteiger partial charge in [-0.05, 0) is 75.8 Å². The van der Waals surface area contributed by atoms with Crippen LogP contribution in [-0.2, 0) is 0 Å². The van der Waals surface area contributed by atoms with Gasteiger partial charge in [0.25, 0.3) is 0 Å². The zero-order valence-corrected chi connectivity index (χ0v) is 18.0. The molecule has 33 heavy (non-hydrogen) atoms. The lowest BCUT2D eigenvalue weighted by atomic mass is 9.93. The molecule has 0 aliphatic carbocycles. The molecule has 0 spiro atoms. The molecule has 0 aliphatic rings. The molecule has 1 aromatic heterocycles. The highest BCUT2D eigenvalue weighted by Crippen LogP contribution is 2.34. The molecule has 0 aliphatic heterocycles. The minimum atomic E-state index is 0.644. The minimum Gasteiger partial charge on any atom is -0.436 e. The Bertz CT molecular complexity index is 1480. The first-order valence-corrected chi connectivity index (χ1v) is 11.1. The van der Waals surface area contributed by atoms with E-state index in [1.165, 1.54) is 22.3 Å². The van der Waals surface area contributed by atoms with Gasteiger partial charge in [0.2, 0.25) is 5.89 Å². The van der Waals surface area contributed by atoms with Gasteiger partial charge in [-0.25, -0.2) is 4.98 Å². The van der Waals surface area contributed by atoms with Gasteiger partial charge in [-0.15, -0.1) is 0 Å². The molecule has 5 aromatic carbocycles. The first-order valence-electron chi connectivity index (χ1n) is 11.1. The van der Waals surface area contributed by atoms with Gasteiger partial charge in [0.05, 0.1) is 0 Å². The van der Waals surface area contributed by atoms with Crippen molar-refractivity contribution in [3.8, 4) is 44.8 Å². The molecule has 0 saturated carbocycles. The Labute approximate surface area is 192 Å². The molecule has 0 radical (unpaired) electrons. The van der Waals surface area contributed by atoms with Crippen molar-refractivity contribution in [2.45, 2.75) is 0 Å². The highest BCUT2D eigenvalue weighted by atomic mass is 16.3. The Morgan fingerprint density at radius 3 is 1.42 bits per heavy atom. The van der Waals surface area contributed by atoms with E-state index in [9.17, 15) is 0 Å². The maximum absolute atomic E-state index is 6.02. The number of nitrogens with zero attached hydrogens (tertiary/aromatic N) is 1. The van der Waals surface area contributed by atoms with Crippen LogP contribution in [0.1, 0.15) is 0 Å². The summed E-state index contributed by atoms with van der Waals surface area (Å²) >= 11 is 0. The van der Waals surface area contributed by atoms with Gasteiger partial charge in [-0.3, -0.25) is 0 Å². The first-order chi connectivity index (χ1) is 16.3. The number of hydrogen-bond acceptors (Lipinski definition) is 2. The zero-order chi connectivity index (χ0) is 22.0. The summed E-state index contributed by atoms with van der Waals surface area (Å²) in [5.41, 5.74) is 9.68. The van der Waals surface area contributed by atoms with Crippen molar-refractivity contribution in [2.24, 2.45) is 0 Å². The summed E-state index contributed by atoms with van der Waals surface area (Å²) in [7, 11) is 0. The molecule has 156 valence electrons. The maximum Gasteiger partial charge on any atom is 0.227 e. The molecular formula is C31H21NO. The summed E-state index contributed by atoms with van der Waals surface area (Å²) in [6.07, 6.45) is 0. The van der Waals surface area contributed by atoms with E-state index < -0.39 is 0 Å². The number of benzene rings is 5. The Kier molecular flexibility index (Phi) is 4.82. The van der Waals surface area contributed by atoms with E-state index in [2.05, 4.69) is 78.9 Å². The highest BCUT2D eigenvalue weighted by Gasteiger charge is 2.11. The Balaban J connectivity index is 1.49. The second kappa shape index (κ2) is 8.25. The normalized spacial score (nSPS) is 11.0. The van der Waals surface area contributed by atoms with Crippen molar-refractivity contribution in [3.05, 3.63) is 127 Å². The number of hydrogen-bond donors (Lipinski definition) is 0. The SMILES string of the molecule is c1ccc(-c2cc(-c3ccccc3)cc(-c3ccc4oc(-c5ccccc5)nc4c3)c2)cc1. The van der Waals surface area contributed by atoms with Crippen LogP contribution in [0.2, 0.25) is 0 Å². The molecule has 2 nitrogen and oxygen atoms in total. The lowest BCUT2D eigenvalue weighted by molar-refractivity contribution is 0.620. The van der Waals surface area contributed by atoms with Gasteiger partial charge in [0, 0.05) is 5.56 Å². The Morgan fingerprint density at radius 1 is 0.394 bits per heavy atom. The van der Waals surface area contributed by atoms with Gasteiger partial charge < -0.3 is 4.42 Å². The molecular weight excluding hydrogens is 402 g/mol. The summed E-state index contributed by atoms with van der Waals surface area (Å²) in [6, 6.07) is 44.1. The smallest absolute Gasteiger partial charge is 0.227 e. The molecule has 0 N–H and O–H groups in total. The lowest BCUT2D eigenvalue weighted by Crippen LogP contribution is -1.86. The molecule has 0 fully saturated rings. The average Bonchev–Trinajstić information content (AvgIpc) is 3.34. The van der Waals surface area contributed by atoms with Crippen LogP contribution >= 0.6 is 0 Å². The van der Waals surface area contributed by atoms with Crippen molar-refractivity contribution in [2.75, 3.05) is 0 Å². The predicted octanol–water partition coefficient (Wildman–Crippen LogP) is 8.50. The number of fused-ring (bicyclic) bond motifs is 1. The van der Waals surface area contributed by atoms with Crippen LogP contribution in [0.15, 0.2) is 132 Å². The van der Waals surface area contributed by atoms with Crippen LogP contribution in [0.5, 0.6) is 0 Å². The molecule has 0 atom stereocenters. The number of aromatic nitrogens is 1. The van der Waals surface area contributed by atoms with Crippen LogP contribution in [0.4, 0.5) is 0 Å². The average molecular weight is 424 g/mol. The summed E-state index contributed by atoms with van der Waals surface area (Å²) in [6.45, 7) is 0. The zero-order valence-electron chi connectivity index (χ0n) is 18.0. The third-order valence-electron chi connectivity index (χ3n) is 5.89. The Morgan fingerprint density at radius 2 is 0.879 bits per heavy atom. The van der Waals surface area contributed by atoms with Crippen LogP contribution in [0, 0.1) is 0 Å². The summed E-state index contributed by atoms with van der Waals surface area (Å²) in [5, 5.41) is 0. The number of rotatable bonds is 4. The van der Waals surface area contributed by atoms with E-state index in [-0.39, 0.29) is 0 Å². The molecule has 0 unspecified atom stereocenters. The van der Waals surface area contributed by atoms with Gasteiger partial charge in [0.15, 0.2) is 5.58 Å². The van der Waals surface area contributed by atoms with E-state index in [0.717, 1.165) is 27.8 Å². The third kappa shape index (κ3) is 3.83.